The van der Waals surface area contributed by atoms with Gasteiger partial charge < -0.3 is 19.5 Å². The topological polar surface area (TPSA) is 56.8 Å². The highest BCUT2D eigenvalue weighted by atomic mass is 16.5. The minimum absolute atomic E-state index is 0.127. The Morgan fingerprint density at radius 2 is 1.84 bits per heavy atom. The molecule has 0 saturated heterocycles. The second-order valence-electron chi connectivity index (χ2n) is 5.99. The summed E-state index contributed by atoms with van der Waals surface area (Å²) in [6.07, 6.45) is 1.65. The zero-order valence-corrected chi connectivity index (χ0v) is 14.8. The van der Waals surface area contributed by atoms with Gasteiger partial charge in [-0.3, -0.25) is 4.79 Å². The van der Waals surface area contributed by atoms with Crippen molar-refractivity contribution in [2.24, 2.45) is 0 Å². The molecule has 1 unspecified atom stereocenters. The maximum absolute atomic E-state index is 11.8. The molecule has 1 atom stereocenters. The Bertz CT molecular complexity index is 755. The summed E-state index contributed by atoms with van der Waals surface area (Å²) in [6, 6.07) is 10.1. The van der Waals surface area contributed by atoms with E-state index in [2.05, 4.69) is 17.4 Å². The van der Waals surface area contributed by atoms with Gasteiger partial charge in [-0.25, -0.2) is 0 Å². The summed E-state index contributed by atoms with van der Waals surface area (Å²) >= 11 is 0. The van der Waals surface area contributed by atoms with E-state index < -0.39 is 0 Å². The first-order chi connectivity index (χ1) is 12.2. The average molecular weight is 341 g/mol. The number of nitrogens with one attached hydrogen (secondary N) is 1. The first kappa shape index (κ1) is 17.3. The number of benzene rings is 2. The van der Waals surface area contributed by atoms with Crippen molar-refractivity contribution in [1.82, 2.24) is 5.32 Å². The van der Waals surface area contributed by atoms with Gasteiger partial charge >= 0.3 is 0 Å². The van der Waals surface area contributed by atoms with E-state index in [1.807, 2.05) is 18.2 Å². The number of hydrogen-bond donors (Lipinski definition) is 1. The minimum atomic E-state index is 0.127. The average Bonchev–Trinajstić information content (AvgIpc) is 2.88. The molecule has 0 fully saturated rings. The number of carbonyl (C=O) groups excluding carboxylic acids is 1. The van der Waals surface area contributed by atoms with Crippen molar-refractivity contribution in [3.63, 3.8) is 0 Å². The van der Waals surface area contributed by atoms with Crippen LogP contribution in [-0.2, 0) is 6.42 Å². The van der Waals surface area contributed by atoms with Crippen LogP contribution in [0.2, 0.25) is 0 Å². The molecule has 0 radical (unpaired) electrons. The Balaban J connectivity index is 2.17. The highest BCUT2D eigenvalue weighted by Gasteiger charge is 2.26. The van der Waals surface area contributed by atoms with E-state index in [1.54, 1.807) is 21.3 Å². The van der Waals surface area contributed by atoms with Crippen LogP contribution in [0, 0.1) is 0 Å². The van der Waals surface area contributed by atoms with Crippen LogP contribution in [0.15, 0.2) is 30.3 Å². The van der Waals surface area contributed by atoms with Crippen LogP contribution < -0.4 is 19.5 Å². The minimum Gasteiger partial charge on any atom is -0.497 e. The maximum Gasteiger partial charge on any atom is 0.171 e. The molecule has 0 amide bonds. The molecule has 2 aromatic rings. The van der Waals surface area contributed by atoms with Gasteiger partial charge in [0.1, 0.15) is 5.75 Å². The second-order valence-corrected chi connectivity index (χ2v) is 5.99. The Morgan fingerprint density at radius 1 is 1.08 bits per heavy atom. The molecule has 0 saturated carbocycles. The summed E-state index contributed by atoms with van der Waals surface area (Å²) in [5.41, 5.74) is 3.88. The summed E-state index contributed by atoms with van der Waals surface area (Å²) < 4.78 is 16.2. The predicted octanol–water partition coefficient (Wildman–Crippen LogP) is 2.80. The summed E-state index contributed by atoms with van der Waals surface area (Å²) in [5, 5.41) is 3.47. The molecule has 0 spiro atoms. The van der Waals surface area contributed by atoms with Gasteiger partial charge in [-0.05, 0) is 47.9 Å². The van der Waals surface area contributed by atoms with Gasteiger partial charge in [0.2, 0.25) is 0 Å². The van der Waals surface area contributed by atoms with Gasteiger partial charge in [0, 0.05) is 12.5 Å². The normalized spacial score (nSPS) is 16.5. The predicted molar refractivity (Wildman–Crippen MR) is 96.3 cm³/mol. The molecule has 1 N–H and O–H groups in total. The van der Waals surface area contributed by atoms with Crippen LogP contribution in [0.4, 0.5) is 0 Å². The van der Waals surface area contributed by atoms with Crippen molar-refractivity contribution in [1.29, 1.82) is 0 Å². The number of ether oxygens (including phenoxy) is 3. The molecule has 2 aromatic carbocycles. The lowest BCUT2D eigenvalue weighted by atomic mass is 9.85. The molecule has 25 heavy (non-hydrogen) atoms. The standard InChI is InChI=1S/C20H23NO4/c1-23-14-6-4-13(5-7-14)17-11-21-9-8-15-16(17)10-19(24-2)20(25-3)18(15)12-22/h4-7,10,12,17,21H,8-9,11H2,1-3H3. The summed E-state index contributed by atoms with van der Waals surface area (Å²) in [5.74, 6) is 2.05. The van der Waals surface area contributed by atoms with Crippen LogP contribution in [0.1, 0.15) is 33.0 Å². The van der Waals surface area contributed by atoms with Gasteiger partial charge in [-0.1, -0.05) is 12.1 Å². The van der Waals surface area contributed by atoms with Crippen molar-refractivity contribution in [2.75, 3.05) is 34.4 Å². The van der Waals surface area contributed by atoms with E-state index in [9.17, 15) is 4.79 Å². The lowest BCUT2D eigenvalue weighted by Gasteiger charge is -2.22. The highest BCUT2D eigenvalue weighted by Crippen LogP contribution is 2.40. The van der Waals surface area contributed by atoms with Crippen molar-refractivity contribution < 1.29 is 19.0 Å². The molecule has 132 valence electrons. The first-order valence-electron chi connectivity index (χ1n) is 8.31. The van der Waals surface area contributed by atoms with Crippen LogP contribution in [-0.4, -0.2) is 40.7 Å². The Hall–Kier alpha value is -2.53. The first-order valence-corrected chi connectivity index (χ1v) is 8.31. The number of rotatable bonds is 5. The molecule has 1 heterocycles. The zero-order chi connectivity index (χ0) is 17.8. The lowest BCUT2D eigenvalue weighted by molar-refractivity contribution is 0.111. The van der Waals surface area contributed by atoms with Crippen molar-refractivity contribution in [3.05, 3.63) is 52.6 Å². The number of hydrogen-bond acceptors (Lipinski definition) is 5. The van der Waals surface area contributed by atoms with E-state index in [0.717, 1.165) is 42.7 Å². The molecule has 1 aliphatic rings. The third-order valence-corrected chi connectivity index (χ3v) is 4.76. The molecule has 0 aromatic heterocycles. The van der Waals surface area contributed by atoms with Gasteiger partial charge in [-0.2, -0.15) is 0 Å². The number of aldehydes is 1. The Labute approximate surface area is 147 Å². The monoisotopic (exact) mass is 341 g/mol. The fraction of sp³-hybridized carbons (Fsp3) is 0.350. The Morgan fingerprint density at radius 3 is 2.44 bits per heavy atom. The summed E-state index contributed by atoms with van der Waals surface area (Å²) in [6.45, 7) is 1.61. The summed E-state index contributed by atoms with van der Waals surface area (Å²) in [4.78, 5) is 11.8. The Kier molecular flexibility index (Phi) is 5.24. The van der Waals surface area contributed by atoms with Gasteiger partial charge in [0.25, 0.3) is 0 Å². The summed E-state index contributed by atoms with van der Waals surface area (Å²) in [7, 11) is 4.81. The molecule has 3 rings (SSSR count). The van der Waals surface area contributed by atoms with Crippen molar-refractivity contribution >= 4 is 6.29 Å². The number of carbonyl (C=O) groups is 1. The number of fused-ring (bicyclic) bond motifs is 1. The van der Waals surface area contributed by atoms with Gasteiger partial charge in [0.05, 0.1) is 26.9 Å². The van der Waals surface area contributed by atoms with Crippen molar-refractivity contribution in [2.45, 2.75) is 12.3 Å². The molecule has 5 nitrogen and oxygen atoms in total. The van der Waals surface area contributed by atoms with Crippen LogP contribution in [0.3, 0.4) is 0 Å². The second kappa shape index (κ2) is 7.57. The van der Waals surface area contributed by atoms with E-state index in [0.29, 0.717) is 17.1 Å². The molecule has 5 heteroatoms. The van der Waals surface area contributed by atoms with Crippen LogP contribution >= 0.6 is 0 Å². The SMILES string of the molecule is COc1ccc(C2CNCCc3c2cc(OC)c(OC)c3C=O)cc1. The molecular formula is C20H23NO4. The zero-order valence-electron chi connectivity index (χ0n) is 14.8. The van der Waals surface area contributed by atoms with Crippen LogP contribution in [0.25, 0.3) is 0 Å². The third-order valence-electron chi connectivity index (χ3n) is 4.76. The van der Waals surface area contributed by atoms with Gasteiger partial charge in [0.15, 0.2) is 17.8 Å². The fourth-order valence-electron chi connectivity index (χ4n) is 3.50. The quantitative estimate of drug-likeness (QED) is 0.848. The van der Waals surface area contributed by atoms with E-state index in [1.165, 1.54) is 5.56 Å². The molecule has 1 aliphatic heterocycles. The van der Waals surface area contributed by atoms with Crippen LogP contribution in [0.5, 0.6) is 17.2 Å². The van der Waals surface area contributed by atoms with E-state index in [-0.39, 0.29) is 5.92 Å². The smallest absolute Gasteiger partial charge is 0.171 e. The molecule has 0 aliphatic carbocycles. The third kappa shape index (κ3) is 3.20. The largest absolute Gasteiger partial charge is 0.497 e. The lowest BCUT2D eigenvalue weighted by Crippen LogP contribution is -2.20. The molecular weight excluding hydrogens is 318 g/mol. The highest BCUT2D eigenvalue weighted by molar-refractivity contribution is 5.85. The van der Waals surface area contributed by atoms with Crippen molar-refractivity contribution in [3.8, 4) is 17.2 Å². The maximum atomic E-state index is 11.8. The van der Waals surface area contributed by atoms with Gasteiger partial charge in [-0.15, -0.1) is 0 Å². The number of methoxy groups -OCH3 is 3. The van der Waals surface area contributed by atoms with E-state index in [4.69, 9.17) is 14.2 Å². The van der Waals surface area contributed by atoms with E-state index >= 15 is 0 Å². The molecule has 0 bridgehead atoms. The fourth-order valence-corrected chi connectivity index (χ4v) is 3.50.